The number of nitrogens with two attached hydrogens (primary N) is 3. The van der Waals surface area contributed by atoms with Crippen molar-refractivity contribution in [1.82, 2.24) is 5.01 Å². The van der Waals surface area contributed by atoms with E-state index in [2.05, 4.69) is 0 Å². The van der Waals surface area contributed by atoms with Gasteiger partial charge < -0.3 is 15.2 Å². The summed E-state index contributed by atoms with van der Waals surface area (Å²) in [7, 11) is 1.42. The minimum Gasteiger partial charge on any atom is -0.489 e. The number of allylic oxidation sites excluding steroid dienone is 1. The number of aryl methyl sites for hydroxylation is 2. The van der Waals surface area contributed by atoms with Crippen molar-refractivity contribution in [2.24, 2.45) is 17.4 Å². The Morgan fingerprint density at radius 3 is 2.37 bits per heavy atom. The number of carbonyl (C=O) groups excluding carboxylic acids is 2. The van der Waals surface area contributed by atoms with Crippen LogP contribution in [0.1, 0.15) is 43.0 Å². The Hall–Kier alpha value is -3.89. The smallest absolute Gasteiger partial charge is 0.354 e. The summed E-state index contributed by atoms with van der Waals surface area (Å²) < 4.78 is 11.0. The molecule has 2 aromatic carbocycles. The second-order valence-corrected chi connectivity index (χ2v) is 7.93. The summed E-state index contributed by atoms with van der Waals surface area (Å²) in [5, 5.41) is 10.4. The molecule has 0 saturated heterocycles. The predicted octanol–water partition coefficient (Wildman–Crippen LogP) is 2.91. The average molecular weight is 483 g/mol. The summed E-state index contributed by atoms with van der Waals surface area (Å²) >= 11 is 0. The third-order valence-electron chi connectivity index (χ3n) is 5.51. The Labute approximate surface area is 205 Å². The van der Waals surface area contributed by atoms with Gasteiger partial charge in [0.25, 0.3) is 0 Å². The molecule has 0 fully saturated rings. The molecule has 0 aliphatic heterocycles. The first-order valence-corrected chi connectivity index (χ1v) is 11.2. The van der Waals surface area contributed by atoms with E-state index in [-0.39, 0.29) is 24.6 Å². The van der Waals surface area contributed by atoms with Crippen molar-refractivity contribution in [2.45, 2.75) is 40.7 Å². The summed E-state index contributed by atoms with van der Waals surface area (Å²) in [6.45, 7) is 7.53. The fraction of sp³-hybridized carbons (Fsp3) is 0.320. The van der Waals surface area contributed by atoms with Crippen LogP contribution >= 0.6 is 0 Å². The normalized spacial score (nSPS) is 11.4. The maximum atomic E-state index is 12.3. The van der Waals surface area contributed by atoms with Gasteiger partial charge in [0.2, 0.25) is 0 Å². The van der Waals surface area contributed by atoms with Gasteiger partial charge in [-0.15, -0.1) is 0 Å². The number of esters is 1. The molecule has 0 radical (unpaired) electrons. The zero-order chi connectivity index (χ0) is 26.3. The van der Waals surface area contributed by atoms with Gasteiger partial charge in [0, 0.05) is 23.7 Å². The quantitative estimate of drug-likeness (QED) is 0.107. The standard InChI is InChI=1S/C25H34N6O4/c1-6-17-9-8-10-20(31(29)25(33)30(5)28)19(17)14-35-21-12-11-18(13-15(21)3)22(26)16(4)23(27)24(32)34-7-2/h8-13,26H,6-7,14,27-29H2,1-5H3/b23-16-,26-22?. The molecule has 0 aliphatic carbocycles. The van der Waals surface area contributed by atoms with E-state index in [0.717, 1.165) is 33.1 Å². The Morgan fingerprint density at radius 2 is 1.80 bits per heavy atom. The molecule has 10 heteroatoms. The number of rotatable bonds is 9. The van der Waals surface area contributed by atoms with E-state index in [1.807, 2.05) is 26.0 Å². The lowest BCUT2D eigenvalue weighted by molar-refractivity contribution is -0.138. The van der Waals surface area contributed by atoms with E-state index >= 15 is 0 Å². The SMILES string of the molecule is CCOC(=O)/C(N)=C(\C)C(=N)c1ccc(OCc2c(CC)cccc2N(N)C(=O)N(C)N)c(C)c1. The number of carbonyl (C=O) groups is 2. The highest BCUT2D eigenvalue weighted by atomic mass is 16.5. The van der Waals surface area contributed by atoms with Crippen molar-refractivity contribution >= 4 is 23.4 Å². The molecule has 0 heterocycles. The second kappa shape index (κ2) is 12.0. The highest BCUT2D eigenvalue weighted by molar-refractivity contribution is 6.13. The first-order valence-electron chi connectivity index (χ1n) is 11.2. The Kier molecular flexibility index (Phi) is 9.38. The maximum absolute atomic E-state index is 12.3. The van der Waals surface area contributed by atoms with Crippen molar-refractivity contribution in [2.75, 3.05) is 18.7 Å². The van der Waals surface area contributed by atoms with Gasteiger partial charge in [0.15, 0.2) is 0 Å². The molecular formula is C25H34N6O4. The molecule has 2 rings (SSSR count). The number of nitrogens with one attached hydrogen (secondary N) is 1. The van der Waals surface area contributed by atoms with Gasteiger partial charge in [-0.05, 0) is 62.6 Å². The Bertz CT molecular complexity index is 1140. The third-order valence-corrected chi connectivity index (χ3v) is 5.51. The van der Waals surface area contributed by atoms with Crippen molar-refractivity contribution in [1.29, 1.82) is 5.41 Å². The third kappa shape index (κ3) is 6.37. The van der Waals surface area contributed by atoms with E-state index in [1.54, 1.807) is 38.1 Å². The number of urea groups is 1. The van der Waals surface area contributed by atoms with Gasteiger partial charge in [-0.1, -0.05) is 19.1 Å². The lowest BCUT2D eigenvalue weighted by Crippen LogP contribution is -2.49. The number of benzene rings is 2. The van der Waals surface area contributed by atoms with Crippen LogP contribution in [0.25, 0.3) is 0 Å². The Morgan fingerprint density at radius 1 is 1.11 bits per heavy atom. The zero-order valence-electron chi connectivity index (χ0n) is 20.8. The number of hydrogen-bond acceptors (Lipinski definition) is 8. The fourth-order valence-electron chi connectivity index (χ4n) is 3.45. The van der Waals surface area contributed by atoms with E-state index in [1.165, 1.54) is 7.05 Å². The van der Waals surface area contributed by atoms with E-state index in [4.69, 9.17) is 32.3 Å². The molecule has 0 saturated carbocycles. The summed E-state index contributed by atoms with van der Waals surface area (Å²) in [5.74, 6) is 11.6. The van der Waals surface area contributed by atoms with E-state index in [0.29, 0.717) is 22.6 Å². The molecule has 2 amide bonds. The molecule has 0 unspecified atom stereocenters. The van der Waals surface area contributed by atoms with Crippen molar-refractivity contribution in [3.8, 4) is 5.75 Å². The number of nitrogens with zero attached hydrogens (tertiary/aromatic N) is 2. The fourth-order valence-corrected chi connectivity index (χ4v) is 3.45. The molecule has 35 heavy (non-hydrogen) atoms. The number of hydrogen-bond donors (Lipinski definition) is 4. The van der Waals surface area contributed by atoms with Gasteiger partial charge in [0.1, 0.15) is 18.1 Å². The largest absolute Gasteiger partial charge is 0.489 e. The van der Waals surface area contributed by atoms with Crippen molar-refractivity contribution in [3.05, 3.63) is 69.9 Å². The van der Waals surface area contributed by atoms with Crippen LogP contribution in [0.4, 0.5) is 10.5 Å². The van der Waals surface area contributed by atoms with Gasteiger partial charge in [-0.3, -0.25) is 10.4 Å². The van der Waals surface area contributed by atoms with E-state index < -0.39 is 12.0 Å². The lowest BCUT2D eigenvalue weighted by atomic mass is 10.00. The van der Waals surface area contributed by atoms with Crippen LogP contribution in [0.5, 0.6) is 5.75 Å². The van der Waals surface area contributed by atoms with Crippen LogP contribution in [0.3, 0.4) is 0 Å². The number of ether oxygens (including phenoxy) is 2. The first kappa shape index (κ1) is 27.4. The van der Waals surface area contributed by atoms with Crippen LogP contribution in [0.15, 0.2) is 47.7 Å². The number of anilines is 1. The van der Waals surface area contributed by atoms with Gasteiger partial charge in [-0.2, -0.15) is 0 Å². The Balaban J connectivity index is 2.30. The summed E-state index contributed by atoms with van der Waals surface area (Å²) in [5.41, 5.74) is 9.83. The molecule has 0 atom stereocenters. The maximum Gasteiger partial charge on any atom is 0.354 e. The van der Waals surface area contributed by atoms with Crippen LogP contribution in [-0.2, 0) is 22.6 Å². The number of amides is 2. The van der Waals surface area contributed by atoms with Crippen LogP contribution < -0.4 is 27.2 Å². The number of hydrazine groups is 2. The minimum atomic E-state index is -0.648. The molecule has 7 N–H and O–H groups in total. The average Bonchev–Trinajstić information content (AvgIpc) is 2.85. The van der Waals surface area contributed by atoms with Crippen molar-refractivity contribution < 1.29 is 19.1 Å². The van der Waals surface area contributed by atoms with Crippen molar-refractivity contribution in [3.63, 3.8) is 0 Å². The molecule has 0 spiro atoms. The summed E-state index contributed by atoms with van der Waals surface area (Å²) in [4.78, 5) is 24.2. The minimum absolute atomic E-state index is 0.0949. The summed E-state index contributed by atoms with van der Waals surface area (Å²) in [6, 6.07) is 10.2. The molecule has 0 bridgehead atoms. The first-order chi connectivity index (χ1) is 16.5. The van der Waals surface area contributed by atoms with E-state index in [9.17, 15) is 9.59 Å². The van der Waals surface area contributed by atoms with Gasteiger partial charge in [0.05, 0.1) is 18.0 Å². The second-order valence-electron chi connectivity index (χ2n) is 7.93. The molecule has 0 aliphatic rings. The predicted molar refractivity (Wildman–Crippen MR) is 136 cm³/mol. The van der Waals surface area contributed by atoms with Gasteiger partial charge >= 0.3 is 12.0 Å². The summed E-state index contributed by atoms with van der Waals surface area (Å²) in [6.07, 6.45) is 0.718. The highest BCUT2D eigenvalue weighted by Crippen LogP contribution is 2.27. The van der Waals surface area contributed by atoms with Crippen LogP contribution in [-0.4, -0.2) is 36.4 Å². The molecule has 2 aromatic rings. The molecular weight excluding hydrogens is 448 g/mol. The topological polar surface area (TPSA) is 161 Å². The van der Waals surface area contributed by atoms with Crippen LogP contribution in [0.2, 0.25) is 0 Å². The van der Waals surface area contributed by atoms with Gasteiger partial charge in [-0.25, -0.2) is 26.3 Å². The highest BCUT2D eigenvalue weighted by Gasteiger charge is 2.20. The molecule has 10 nitrogen and oxygen atoms in total. The lowest BCUT2D eigenvalue weighted by Gasteiger charge is -2.24. The van der Waals surface area contributed by atoms with Crippen LogP contribution in [0, 0.1) is 12.3 Å². The molecule has 188 valence electrons. The zero-order valence-corrected chi connectivity index (χ0v) is 20.8. The molecule has 0 aromatic heterocycles. The monoisotopic (exact) mass is 482 g/mol.